The summed E-state index contributed by atoms with van der Waals surface area (Å²) in [5, 5.41) is 3.45. The fourth-order valence-electron chi connectivity index (χ4n) is 3.58. The molecular weight excluding hydrogens is 290 g/mol. The van der Waals surface area contributed by atoms with Gasteiger partial charge < -0.3 is 15.1 Å². The van der Waals surface area contributed by atoms with Crippen LogP contribution in [0.3, 0.4) is 0 Å². The lowest BCUT2D eigenvalue weighted by Gasteiger charge is -2.36. The van der Waals surface area contributed by atoms with E-state index in [2.05, 4.69) is 27.1 Å². The van der Waals surface area contributed by atoms with Crippen LogP contribution in [-0.2, 0) is 4.79 Å². The molecule has 2 fully saturated rings. The summed E-state index contributed by atoms with van der Waals surface area (Å²) in [6.07, 6.45) is 8.35. The summed E-state index contributed by atoms with van der Waals surface area (Å²) in [7, 11) is 0. The molecule has 1 aromatic heterocycles. The lowest BCUT2D eigenvalue weighted by atomic mass is 9.85. The molecule has 2 aliphatic rings. The highest BCUT2D eigenvalue weighted by Crippen LogP contribution is 2.23. The van der Waals surface area contributed by atoms with Gasteiger partial charge in [0.2, 0.25) is 5.91 Å². The highest BCUT2D eigenvalue weighted by molar-refractivity contribution is 5.76. The Kier molecular flexibility index (Phi) is 5.43. The first-order chi connectivity index (χ1) is 11.2. The third-order valence-corrected chi connectivity index (χ3v) is 5.14. The molecule has 0 aromatic carbocycles. The molecule has 6 nitrogen and oxygen atoms in total. The maximum atomic E-state index is 12.6. The van der Waals surface area contributed by atoms with Crippen LogP contribution < -0.4 is 10.2 Å². The van der Waals surface area contributed by atoms with Crippen LogP contribution in [0.4, 0.5) is 5.82 Å². The van der Waals surface area contributed by atoms with Crippen molar-refractivity contribution in [2.24, 2.45) is 11.8 Å². The number of piperidine rings is 1. The zero-order valence-electron chi connectivity index (χ0n) is 13.9. The van der Waals surface area contributed by atoms with Crippen molar-refractivity contribution in [3.05, 3.63) is 18.6 Å². The van der Waals surface area contributed by atoms with Crippen LogP contribution >= 0.6 is 0 Å². The number of nitrogens with zero attached hydrogens (tertiary/aromatic N) is 4. The number of aromatic nitrogens is 2. The second kappa shape index (κ2) is 7.73. The number of carbonyl (C=O) groups is 1. The lowest BCUT2D eigenvalue weighted by molar-refractivity contribution is -0.132. The molecule has 0 spiro atoms. The number of piperazine rings is 1. The molecule has 23 heavy (non-hydrogen) atoms. The predicted molar refractivity (Wildman–Crippen MR) is 90.2 cm³/mol. The monoisotopic (exact) mass is 317 g/mol. The summed E-state index contributed by atoms with van der Waals surface area (Å²) in [5.41, 5.74) is 0. The number of amides is 1. The molecule has 6 heteroatoms. The number of hydrogen-bond donors (Lipinski definition) is 1. The fraction of sp³-hybridized carbons (Fsp3) is 0.706. The van der Waals surface area contributed by atoms with Crippen molar-refractivity contribution >= 4 is 11.7 Å². The van der Waals surface area contributed by atoms with Crippen LogP contribution in [0.1, 0.15) is 26.2 Å². The molecule has 126 valence electrons. The number of carbonyl (C=O) groups excluding carboxylic acids is 1. The van der Waals surface area contributed by atoms with E-state index in [-0.39, 0.29) is 0 Å². The average molecular weight is 317 g/mol. The van der Waals surface area contributed by atoms with E-state index >= 15 is 0 Å². The van der Waals surface area contributed by atoms with Gasteiger partial charge in [0, 0.05) is 45.0 Å². The van der Waals surface area contributed by atoms with Gasteiger partial charge in [0.25, 0.3) is 0 Å². The number of nitrogens with one attached hydrogen (secondary N) is 1. The van der Waals surface area contributed by atoms with E-state index in [0.29, 0.717) is 24.2 Å². The van der Waals surface area contributed by atoms with Crippen LogP contribution in [0.2, 0.25) is 0 Å². The SMILES string of the molecule is CC(CC(=O)N1CCN(c2cnccn2)CC1)C1CCCNC1. The molecule has 3 heterocycles. The smallest absolute Gasteiger partial charge is 0.222 e. The number of anilines is 1. The van der Waals surface area contributed by atoms with Crippen LogP contribution in [0.25, 0.3) is 0 Å². The van der Waals surface area contributed by atoms with Gasteiger partial charge in [0.15, 0.2) is 0 Å². The first-order valence-electron chi connectivity index (χ1n) is 8.73. The lowest BCUT2D eigenvalue weighted by Crippen LogP contribution is -2.49. The molecule has 1 N–H and O–H groups in total. The minimum atomic E-state index is 0.307. The van der Waals surface area contributed by atoms with Crippen LogP contribution in [0, 0.1) is 11.8 Å². The first-order valence-corrected chi connectivity index (χ1v) is 8.73. The fourth-order valence-corrected chi connectivity index (χ4v) is 3.58. The molecule has 2 saturated heterocycles. The molecule has 0 saturated carbocycles. The predicted octanol–water partition coefficient (Wildman–Crippen LogP) is 1.15. The van der Waals surface area contributed by atoms with Crippen LogP contribution in [0.15, 0.2) is 18.6 Å². The maximum Gasteiger partial charge on any atom is 0.222 e. The highest BCUT2D eigenvalue weighted by Gasteiger charge is 2.26. The summed E-state index contributed by atoms with van der Waals surface area (Å²) < 4.78 is 0. The van der Waals surface area contributed by atoms with E-state index in [9.17, 15) is 4.79 Å². The van der Waals surface area contributed by atoms with Crippen molar-refractivity contribution in [1.29, 1.82) is 0 Å². The van der Waals surface area contributed by atoms with E-state index in [0.717, 1.165) is 45.1 Å². The Balaban J connectivity index is 1.46. The third kappa shape index (κ3) is 4.19. The Hall–Kier alpha value is -1.69. The first kappa shape index (κ1) is 16.2. The molecule has 3 rings (SSSR count). The van der Waals surface area contributed by atoms with Gasteiger partial charge in [-0.25, -0.2) is 4.98 Å². The second-order valence-corrected chi connectivity index (χ2v) is 6.72. The molecule has 2 atom stereocenters. The number of hydrogen-bond acceptors (Lipinski definition) is 5. The van der Waals surface area contributed by atoms with Crippen molar-refractivity contribution in [3.8, 4) is 0 Å². The minimum Gasteiger partial charge on any atom is -0.352 e. The summed E-state index contributed by atoms with van der Waals surface area (Å²) in [4.78, 5) is 25.2. The van der Waals surface area contributed by atoms with Crippen molar-refractivity contribution in [2.75, 3.05) is 44.2 Å². The molecule has 1 amide bonds. The summed E-state index contributed by atoms with van der Waals surface area (Å²) >= 11 is 0. The van der Waals surface area contributed by atoms with Gasteiger partial charge >= 0.3 is 0 Å². The van der Waals surface area contributed by atoms with Gasteiger partial charge in [-0.15, -0.1) is 0 Å². The molecule has 0 bridgehead atoms. The largest absolute Gasteiger partial charge is 0.352 e. The van der Waals surface area contributed by atoms with Crippen molar-refractivity contribution < 1.29 is 4.79 Å². The molecular formula is C17H27N5O. The standard InChI is InChI=1S/C17H27N5O/c1-14(15-3-2-4-18-12-15)11-17(23)22-9-7-21(8-10-22)16-13-19-5-6-20-16/h5-6,13-15,18H,2-4,7-12H2,1H3. The van der Waals surface area contributed by atoms with Crippen molar-refractivity contribution in [1.82, 2.24) is 20.2 Å². The van der Waals surface area contributed by atoms with Crippen molar-refractivity contribution in [2.45, 2.75) is 26.2 Å². The van der Waals surface area contributed by atoms with E-state index in [1.165, 1.54) is 12.8 Å². The zero-order valence-corrected chi connectivity index (χ0v) is 13.9. The maximum absolute atomic E-state index is 12.6. The Morgan fingerprint density at radius 3 is 2.83 bits per heavy atom. The quantitative estimate of drug-likeness (QED) is 0.903. The van der Waals surface area contributed by atoms with Gasteiger partial charge in [-0.2, -0.15) is 0 Å². The van der Waals surface area contributed by atoms with Gasteiger partial charge in [-0.3, -0.25) is 9.78 Å². The normalized spacial score (nSPS) is 23.6. The van der Waals surface area contributed by atoms with Gasteiger partial charge in [-0.05, 0) is 37.8 Å². The Labute approximate surface area is 138 Å². The van der Waals surface area contributed by atoms with E-state index < -0.39 is 0 Å². The third-order valence-electron chi connectivity index (χ3n) is 5.14. The molecule has 2 unspecified atom stereocenters. The summed E-state index contributed by atoms with van der Waals surface area (Å²) in [6.45, 7) is 7.66. The van der Waals surface area contributed by atoms with Crippen LogP contribution in [0.5, 0.6) is 0 Å². The Morgan fingerprint density at radius 2 is 2.17 bits per heavy atom. The Morgan fingerprint density at radius 1 is 1.35 bits per heavy atom. The van der Waals surface area contributed by atoms with E-state index in [4.69, 9.17) is 0 Å². The van der Waals surface area contributed by atoms with Crippen LogP contribution in [-0.4, -0.2) is 60.0 Å². The molecule has 1 aromatic rings. The zero-order chi connectivity index (χ0) is 16.1. The molecule has 2 aliphatic heterocycles. The molecule has 0 aliphatic carbocycles. The highest BCUT2D eigenvalue weighted by atomic mass is 16.2. The van der Waals surface area contributed by atoms with Crippen molar-refractivity contribution in [3.63, 3.8) is 0 Å². The summed E-state index contributed by atoms with van der Waals surface area (Å²) in [6, 6.07) is 0. The summed E-state index contributed by atoms with van der Waals surface area (Å²) in [5.74, 6) is 2.32. The van der Waals surface area contributed by atoms with Gasteiger partial charge in [0.1, 0.15) is 5.82 Å². The topological polar surface area (TPSA) is 61.4 Å². The van der Waals surface area contributed by atoms with E-state index in [1.807, 2.05) is 4.90 Å². The van der Waals surface area contributed by atoms with E-state index in [1.54, 1.807) is 18.6 Å². The minimum absolute atomic E-state index is 0.307. The Bertz CT molecular complexity index is 495. The van der Waals surface area contributed by atoms with Gasteiger partial charge in [0.05, 0.1) is 6.20 Å². The number of rotatable bonds is 4. The van der Waals surface area contributed by atoms with Gasteiger partial charge in [-0.1, -0.05) is 6.92 Å². The second-order valence-electron chi connectivity index (χ2n) is 6.72. The average Bonchev–Trinajstić information content (AvgIpc) is 2.63. The molecule has 0 radical (unpaired) electrons.